The van der Waals surface area contributed by atoms with Crippen LogP contribution in [0.4, 0.5) is 10.1 Å². The van der Waals surface area contributed by atoms with Crippen LogP contribution in [-0.4, -0.2) is 47.3 Å². The van der Waals surface area contributed by atoms with E-state index in [0.717, 1.165) is 11.3 Å². The van der Waals surface area contributed by atoms with E-state index >= 15 is 0 Å². The molecule has 4 rings (SSSR count). The molecule has 0 bridgehead atoms. The van der Waals surface area contributed by atoms with Crippen molar-refractivity contribution in [3.05, 3.63) is 72.1 Å². The number of amides is 2. The number of halogens is 1. The number of carbonyl (C=O) groups is 2. The van der Waals surface area contributed by atoms with Crippen molar-refractivity contribution in [2.24, 2.45) is 5.11 Å². The van der Waals surface area contributed by atoms with E-state index in [2.05, 4.69) is 5.11 Å². The minimum absolute atomic E-state index is 0.209. The second-order valence-electron chi connectivity index (χ2n) is 6.33. The molecule has 1 saturated heterocycles. The SMILES string of the molecule is O=C1C(=O)[N+](C/C=C/c2ccccc2)=NC2N1CCN2c1ccc(F)cc1. The van der Waals surface area contributed by atoms with Crippen LogP contribution in [0.3, 0.4) is 0 Å². The van der Waals surface area contributed by atoms with Crippen LogP contribution in [0.1, 0.15) is 5.56 Å². The lowest BCUT2D eigenvalue weighted by Gasteiger charge is -2.26. The molecule has 1 fully saturated rings. The zero-order valence-electron chi connectivity index (χ0n) is 14.5. The molecule has 1 atom stereocenters. The molecule has 2 aliphatic heterocycles. The summed E-state index contributed by atoms with van der Waals surface area (Å²) in [6.07, 6.45) is 3.09. The monoisotopic (exact) mass is 365 g/mol. The normalized spacial score (nSPS) is 19.6. The van der Waals surface area contributed by atoms with Gasteiger partial charge in [-0.2, -0.15) is 0 Å². The van der Waals surface area contributed by atoms with E-state index in [4.69, 9.17) is 0 Å². The second-order valence-corrected chi connectivity index (χ2v) is 6.33. The first-order chi connectivity index (χ1) is 13.1. The van der Waals surface area contributed by atoms with Crippen molar-refractivity contribution in [3.8, 4) is 0 Å². The van der Waals surface area contributed by atoms with Gasteiger partial charge in [0.05, 0.1) is 0 Å². The summed E-state index contributed by atoms with van der Waals surface area (Å²) in [6.45, 7) is 1.15. The number of hydrogen-bond acceptors (Lipinski definition) is 4. The van der Waals surface area contributed by atoms with Gasteiger partial charge in [-0.1, -0.05) is 36.4 Å². The van der Waals surface area contributed by atoms with Crippen molar-refractivity contribution >= 4 is 23.6 Å². The number of rotatable bonds is 4. The third-order valence-electron chi connectivity index (χ3n) is 4.61. The third-order valence-corrected chi connectivity index (χ3v) is 4.61. The fourth-order valence-electron chi connectivity index (χ4n) is 3.23. The van der Waals surface area contributed by atoms with Crippen molar-refractivity contribution in [1.29, 1.82) is 0 Å². The number of fused-ring (bicyclic) bond motifs is 1. The Labute approximate surface area is 155 Å². The topological polar surface area (TPSA) is 56.0 Å². The van der Waals surface area contributed by atoms with Gasteiger partial charge in [0.2, 0.25) is 0 Å². The van der Waals surface area contributed by atoms with Gasteiger partial charge >= 0.3 is 11.8 Å². The number of benzene rings is 2. The maximum atomic E-state index is 13.2. The number of anilines is 1. The third kappa shape index (κ3) is 3.36. The van der Waals surface area contributed by atoms with Crippen LogP contribution in [0.5, 0.6) is 0 Å². The highest BCUT2D eigenvalue weighted by Crippen LogP contribution is 2.27. The van der Waals surface area contributed by atoms with E-state index in [9.17, 15) is 14.0 Å². The van der Waals surface area contributed by atoms with Crippen LogP contribution < -0.4 is 4.90 Å². The Morgan fingerprint density at radius 2 is 1.74 bits per heavy atom. The van der Waals surface area contributed by atoms with Crippen LogP contribution >= 0.6 is 0 Å². The molecule has 0 aliphatic carbocycles. The summed E-state index contributed by atoms with van der Waals surface area (Å²) in [7, 11) is 0. The molecule has 7 heteroatoms. The molecule has 2 aliphatic rings. The van der Waals surface area contributed by atoms with Gasteiger partial charge in [0.25, 0.3) is 6.29 Å². The largest absolute Gasteiger partial charge is 0.502 e. The van der Waals surface area contributed by atoms with Crippen LogP contribution in [-0.2, 0) is 9.59 Å². The van der Waals surface area contributed by atoms with Crippen molar-refractivity contribution in [2.75, 3.05) is 24.5 Å². The van der Waals surface area contributed by atoms with Crippen LogP contribution in [0.15, 0.2) is 65.8 Å². The Bertz CT molecular complexity index is 925. The summed E-state index contributed by atoms with van der Waals surface area (Å²) in [5, 5.41) is 4.46. The highest BCUT2D eigenvalue weighted by molar-refractivity contribution is 6.31. The second kappa shape index (κ2) is 7.11. The first kappa shape index (κ1) is 17.1. The molecule has 1 unspecified atom stereocenters. The van der Waals surface area contributed by atoms with Gasteiger partial charge in [0.15, 0.2) is 6.54 Å². The van der Waals surface area contributed by atoms with Gasteiger partial charge in [-0.15, -0.1) is 0 Å². The summed E-state index contributed by atoms with van der Waals surface area (Å²) in [5.41, 5.74) is 1.76. The van der Waals surface area contributed by atoms with Crippen molar-refractivity contribution in [1.82, 2.24) is 4.90 Å². The molecule has 6 nitrogen and oxygen atoms in total. The van der Waals surface area contributed by atoms with Crippen LogP contribution in [0, 0.1) is 5.82 Å². The lowest BCUT2D eigenvalue weighted by molar-refractivity contribution is -0.510. The number of azo groups is 2. The molecule has 27 heavy (non-hydrogen) atoms. The lowest BCUT2D eigenvalue weighted by Crippen LogP contribution is -2.51. The Kier molecular flexibility index (Phi) is 4.50. The molecule has 136 valence electrons. The smallest absolute Gasteiger partial charge is 0.326 e. The fourth-order valence-corrected chi connectivity index (χ4v) is 3.23. The van der Waals surface area contributed by atoms with E-state index in [1.807, 2.05) is 41.3 Å². The molecule has 0 saturated carbocycles. The van der Waals surface area contributed by atoms with Crippen molar-refractivity contribution < 1.29 is 18.7 Å². The van der Waals surface area contributed by atoms with Crippen LogP contribution in [0.25, 0.3) is 6.08 Å². The van der Waals surface area contributed by atoms with Gasteiger partial charge in [-0.3, -0.25) is 9.69 Å². The standard InChI is InChI=1S/C20H18FN4O2/c21-16-8-10-17(11-9-16)23-13-14-24-18(26)19(27)25(22-20(23)24)12-4-7-15-5-2-1-3-6-15/h1-11,20H,12-14H2/q+1/b7-4+. The first-order valence-corrected chi connectivity index (χ1v) is 8.70. The lowest BCUT2D eigenvalue weighted by atomic mass is 10.2. The zero-order chi connectivity index (χ0) is 18.8. The summed E-state index contributed by atoms with van der Waals surface area (Å²) in [6, 6.07) is 15.7. The highest BCUT2D eigenvalue weighted by Gasteiger charge is 2.48. The molecule has 2 heterocycles. The predicted octanol–water partition coefficient (Wildman–Crippen LogP) is 2.48. The molecule has 0 spiro atoms. The first-order valence-electron chi connectivity index (χ1n) is 8.70. The van der Waals surface area contributed by atoms with Crippen LogP contribution in [0.2, 0.25) is 0 Å². The Morgan fingerprint density at radius 1 is 1.04 bits per heavy atom. The van der Waals surface area contributed by atoms with Gasteiger partial charge in [-0.05, 0) is 40.6 Å². The Balaban J connectivity index is 1.57. The molecule has 0 radical (unpaired) electrons. The fraction of sp³-hybridized carbons (Fsp3) is 0.200. The Morgan fingerprint density at radius 3 is 2.48 bits per heavy atom. The Hall–Kier alpha value is -3.35. The van der Waals surface area contributed by atoms with Crippen molar-refractivity contribution in [3.63, 3.8) is 0 Å². The summed E-state index contributed by atoms with van der Waals surface area (Å²) >= 11 is 0. The molecule has 0 N–H and O–H groups in total. The zero-order valence-corrected chi connectivity index (χ0v) is 14.5. The van der Waals surface area contributed by atoms with E-state index in [-0.39, 0.29) is 12.4 Å². The summed E-state index contributed by atoms with van der Waals surface area (Å²) in [4.78, 5) is 28.1. The summed E-state index contributed by atoms with van der Waals surface area (Å²) in [5.74, 6) is -1.52. The maximum Gasteiger partial charge on any atom is 0.502 e. The van der Waals surface area contributed by atoms with Crippen molar-refractivity contribution in [2.45, 2.75) is 6.29 Å². The number of carbonyl (C=O) groups excluding carboxylic acids is 2. The molecule has 2 amide bonds. The average molecular weight is 365 g/mol. The molecule has 0 aromatic heterocycles. The van der Waals surface area contributed by atoms with Gasteiger partial charge in [0.1, 0.15) is 5.82 Å². The van der Waals surface area contributed by atoms with Gasteiger partial charge < -0.3 is 4.90 Å². The van der Waals surface area contributed by atoms with E-state index in [1.165, 1.54) is 21.7 Å². The maximum absolute atomic E-state index is 13.2. The number of nitrogens with zero attached hydrogens (tertiary/aromatic N) is 4. The molecule has 2 aromatic carbocycles. The molecule has 2 aromatic rings. The predicted molar refractivity (Wildman–Crippen MR) is 97.3 cm³/mol. The van der Waals surface area contributed by atoms with Gasteiger partial charge in [-0.25, -0.2) is 9.18 Å². The summed E-state index contributed by atoms with van der Waals surface area (Å²) < 4.78 is 14.4. The quantitative estimate of drug-likeness (QED) is 0.618. The average Bonchev–Trinajstić information content (AvgIpc) is 3.11. The van der Waals surface area contributed by atoms with E-state index in [0.29, 0.717) is 13.1 Å². The minimum atomic E-state index is -0.634. The van der Waals surface area contributed by atoms with E-state index < -0.39 is 18.1 Å². The molecular formula is C20H18FN4O2+. The van der Waals surface area contributed by atoms with E-state index in [1.54, 1.807) is 18.2 Å². The minimum Gasteiger partial charge on any atom is -0.326 e. The number of hydrogen-bond donors (Lipinski definition) is 0. The van der Waals surface area contributed by atoms with Gasteiger partial charge in [0, 0.05) is 23.9 Å². The highest BCUT2D eigenvalue weighted by atomic mass is 19.1. The molecular weight excluding hydrogens is 347 g/mol.